The van der Waals surface area contributed by atoms with Crippen molar-refractivity contribution in [2.24, 2.45) is 0 Å². The number of carbonyl (C=O) groups is 1. The smallest absolute Gasteiger partial charge is 0.252 e. The van der Waals surface area contributed by atoms with Gasteiger partial charge < -0.3 is 16.0 Å². The van der Waals surface area contributed by atoms with Gasteiger partial charge in [0.25, 0.3) is 5.91 Å². The summed E-state index contributed by atoms with van der Waals surface area (Å²) in [6.45, 7) is 3.95. The van der Waals surface area contributed by atoms with Gasteiger partial charge in [0.2, 0.25) is 5.95 Å². The molecule has 1 aromatic carbocycles. The quantitative estimate of drug-likeness (QED) is 0.528. The number of piperidine rings is 1. The van der Waals surface area contributed by atoms with Crippen LogP contribution in [0.15, 0.2) is 42.9 Å². The second-order valence-electron chi connectivity index (χ2n) is 7.46. The van der Waals surface area contributed by atoms with E-state index in [0.717, 1.165) is 48.4 Å². The van der Waals surface area contributed by atoms with E-state index in [2.05, 4.69) is 31.0 Å². The zero-order valence-corrected chi connectivity index (χ0v) is 17.3. The van der Waals surface area contributed by atoms with E-state index in [1.54, 1.807) is 24.5 Å². The van der Waals surface area contributed by atoms with Crippen molar-refractivity contribution >= 4 is 17.5 Å². The van der Waals surface area contributed by atoms with Gasteiger partial charge in [-0.2, -0.15) is 10.4 Å². The molecule has 0 aliphatic carbocycles. The summed E-state index contributed by atoms with van der Waals surface area (Å²) in [5.41, 5.74) is 3.93. The molecule has 158 valence electrons. The number of aryl methyl sites for hydroxylation is 1. The highest BCUT2D eigenvalue weighted by atomic mass is 16.1. The van der Waals surface area contributed by atoms with Crippen LogP contribution in [0.5, 0.6) is 0 Å². The second-order valence-corrected chi connectivity index (χ2v) is 7.46. The van der Waals surface area contributed by atoms with Gasteiger partial charge in [-0.15, -0.1) is 0 Å². The van der Waals surface area contributed by atoms with Crippen molar-refractivity contribution in [3.8, 4) is 17.3 Å². The molecule has 1 aliphatic heterocycles. The molecular weight excluding hydrogens is 392 g/mol. The largest absolute Gasteiger partial charge is 0.339 e. The predicted molar refractivity (Wildman–Crippen MR) is 117 cm³/mol. The average Bonchev–Trinajstić information content (AvgIpc) is 3.28. The molecule has 4 rings (SSSR count). The summed E-state index contributed by atoms with van der Waals surface area (Å²) in [4.78, 5) is 21.1. The van der Waals surface area contributed by atoms with Gasteiger partial charge in [-0.05, 0) is 50.6 Å². The Hall–Kier alpha value is -3.77. The topological polar surface area (TPSA) is 121 Å². The summed E-state index contributed by atoms with van der Waals surface area (Å²) in [5.74, 6) is 0.210. The normalized spacial score (nSPS) is 14.1. The van der Waals surface area contributed by atoms with Crippen LogP contribution in [0.2, 0.25) is 0 Å². The van der Waals surface area contributed by atoms with E-state index in [4.69, 9.17) is 5.26 Å². The zero-order valence-electron chi connectivity index (χ0n) is 17.3. The number of benzene rings is 1. The number of hydrogen-bond acceptors (Lipinski definition) is 7. The zero-order chi connectivity index (χ0) is 21.6. The first-order valence-electron chi connectivity index (χ1n) is 10.2. The van der Waals surface area contributed by atoms with Gasteiger partial charge in [0.05, 0.1) is 29.7 Å². The van der Waals surface area contributed by atoms with Gasteiger partial charge in [-0.25, -0.2) is 9.97 Å². The van der Waals surface area contributed by atoms with Crippen molar-refractivity contribution in [2.45, 2.75) is 25.8 Å². The van der Waals surface area contributed by atoms with E-state index in [-0.39, 0.29) is 12.5 Å². The van der Waals surface area contributed by atoms with Crippen LogP contribution in [0.3, 0.4) is 0 Å². The van der Waals surface area contributed by atoms with Crippen LogP contribution < -0.4 is 16.0 Å². The molecule has 0 unspecified atom stereocenters. The highest BCUT2D eigenvalue weighted by Crippen LogP contribution is 2.24. The second kappa shape index (κ2) is 9.36. The van der Waals surface area contributed by atoms with E-state index < -0.39 is 0 Å². The van der Waals surface area contributed by atoms with E-state index in [9.17, 15) is 4.79 Å². The summed E-state index contributed by atoms with van der Waals surface area (Å²) >= 11 is 0. The fraction of sp³-hybridized carbons (Fsp3) is 0.318. The number of aromatic nitrogens is 4. The number of rotatable bonds is 6. The van der Waals surface area contributed by atoms with Crippen LogP contribution in [-0.2, 0) is 0 Å². The molecule has 1 saturated heterocycles. The van der Waals surface area contributed by atoms with Crippen LogP contribution >= 0.6 is 0 Å². The summed E-state index contributed by atoms with van der Waals surface area (Å²) < 4.78 is 2.01. The van der Waals surface area contributed by atoms with E-state index in [0.29, 0.717) is 17.6 Å². The standard InChI is InChI=1S/C22H24N8O/c1-15-12-26-22(28-18-13-27-30(14-18)19-6-9-24-10-7-19)29-20(15)16-2-4-17(5-3-16)21(31)25-11-8-23/h2-5,12-14,19,24H,6-7,9-11H2,1H3,(H,25,31)(H,26,28,29). The summed E-state index contributed by atoms with van der Waals surface area (Å²) in [6, 6.07) is 9.44. The highest BCUT2D eigenvalue weighted by molar-refractivity contribution is 5.94. The fourth-order valence-corrected chi connectivity index (χ4v) is 3.60. The number of carbonyl (C=O) groups excluding carboxylic acids is 1. The molecule has 1 amide bonds. The van der Waals surface area contributed by atoms with Crippen LogP contribution in [0.25, 0.3) is 11.3 Å². The lowest BCUT2D eigenvalue weighted by atomic mass is 10.1. The first-order chi connectivity index (χ1) is 15.1. The molecule has 0 bridgehead atoms. The van der Waals surface area contributed by atoms with Crippen molar-refractivity contribution in [1.29, 1.82) is 5.26 Å². The van der Waals surface area contributed by atoms with E-state index in [1.165, 1.54) is 0 Å². The molecule has 3 N–H and O–H groups in total. The minimum atomic E-state index is -0.277. The minimum Gasteiger partial charge on any atom is -0.339 e. The number of nitriles is 1. The number of nitrogens with zero attached hydrogens (tertiary/aromatic N) is 5. The molecule has 0 atom stereocenters. The summed E-state index contributed by atoms with van der Waals surface area (Å²) in [6.07, 6.45) is 7.69. The van der Waals surface area contributed by atoms with Gasteiger partial charge >= 0.3 is 0 Å². The molecule has 1 fully saturated rings. The average molecular weight is 416 g/mol. The monoisotopic (exact) mass is 416 g/mol. The molecular formula is C22H24N8O. The van der Waals surface area contributed by atoms with Gasteiger partial charge in [0.1, 0.15) is 6.54 Å². The Morgan fingerprint density at radius 2 is 2.03 bits per heavy atom. The fourth-order valence-electron chi connectivity index (χ4n) is 3.60. The third-order valence-corrected chi connectivity index (χ3v) is 5.26. The van der Waals surface area contributed by atoms with Crippen molar-refractivity contribution < 1.29 is 4.79 Å². The van der Waals surface area contributed by atoms with Gasteiger partial charge in [-0.3, -0.25) is 9.48 Å². The predicted octanol–water partition coefficient (Wildman–Crippen LogP) is 2.57. The van der Waals surface area contributed by atoms with Crippen molar-refractivity contribution in [3.05, 3.63) is 54.0 Å². The molecule has 0 radical (unpaired) electrons. The lowest BCUT2D eigenvalue weighted by Crippen LogP contribution is -2.29. The van der Waals surface area contributed by atoms with E-state index >= 15 is 0 Å². The molecule has 9 nitrogen and oxygen atoms in total. The van der Waals surface area contributed by atoms with Crippen molar-refractivity contribution in [1.82, 2.24) is 30.4 Å². The Bertz CT molecular complexity index is 1090. The Morgan fingerprint density at radius 3 is 2.77 bits per heavy atom. The SMILES string of the molecule is Cc1cnc(Nc2cnn(C3CCNCC3)c2)nc1-c1ccc(C(=O)NCC#N)cc1. The summed E-state index contributed by atoms with van der Waals surface area (Å²) in [5, 5.41) is 22.2. The molecule has 3 heterocycles. The first-order valence-corrected chi connectivity index (χ1v) is 10.2. The third kappa shape index (κ3) is 4.87. The molecule has 1 aliphatic rings. The highest BCUT2D eigenvalue weighted by Gasteiger charge is 2.16. The van der Waals surface area contributed by atoms with Crippen LogP contribution in [-0.4, -0.2) is 45.3 Å². The van der Waals surface area contributed by atoms with Crippen LogP contribution in [0.1, 0.15) is 34.8 Å². The van der Waals surface area contributed by atoms with Crippen LogP contribution in [0, 0.1) is 18.3 Å². The Labute approximate surface area is 180 Å². The van der Waals surface area contributed by atoms with Gasteiger partial charge in [0, 0.05) is 23.5 Å². The minimum absolute atomic E-state index is 0.0190. The number of anilines is 2. The lowest BCUT2D eigenvalue weighted by Gasteiger charge is -2.22. The number of hydrogen-bond donors (Lipinski definition) is 3. The molecule has 0 saturated carbocycles. The molecule has 2 aromatic heterocycles. The Morgan fingerprint density at radius 1 is 1.26 bits per heavy atom. The number of nitrogens with one attached hydrogen (secondary N) is 3. The van der Waals surface area contributed by atoms with Gasteiger partial charge in [0.15, 0.2) is 0 Å². The Kier molecular flexibility index (Phi) is 6.19. The van der Waals surface area contributed by atoms with Crippen molar-refractivity contribution in [3.63, 3.8) is 0 Å². The summed E-state index contributed by atoms with van der Waals surface area (Å²) in [7, 11) is 0. The maximum absolute atomic E-state index is 12.0. The third-order valence-electron chi connectivity index (χ3n) is 5.26. The lowest BCUT2D eigenvalue weighted by molar-refractivity contribution is 0.0958. The number of amides is 1. The Balaban J connectivity index is 1.49. The molecule has 3 aromatic rings. The van der Waals surface area contributed by atoms with Gasteiger partial charge in [-0.1, -0.05) is 12.1 Å². The van der Waals surface area contributed by atoms with E-state index in [1.807, 2.05) is 36.0 Å². The van der Waals surface area contributed by atoms with Crippen molar-refractivity contribution in [2.75, 3.05) is 25.0 Å². The molecule has 31 heavy (non-hydrogen) atoms. The maximum atomic E-state index is 12.0. The maximum Gasteiger partial charge on any atom is 0.252 e. The van der Waals surface area contributed by atoms with Crippen LogP contribution in [0.4, 0.5) is 11.6 Å². The molecule has 9 heteroatoms. The molecule has 0 spiro atoms. The first kappa shape index (κ1) is 20.5.